The van der Waals surface area contributed by atoms with E-state index in [4.69, 9.17) is 0 Å². The van der Waals surface area contributed by atoms with Gasteiger partial charge in [0.2, 0.25) is 10.0 Å². The zero-order valence-corrected chi connectivity index (χ0v) is 13.9. The minimum atomic E-state index is -3.50. The van der Waals surface area contributed by atoms with E-state index in [1.54, 1.807) is 25.4 Å². The number of nitrogens with one attached hydrogen (secondary N) is 1. The number of hydrogen-bond donors (Lipinski definition) is 1. The topological polar surface area (TPSA) is 79.4 Å². The number of nitrogens with zero attached hydrogens (tertiary/aromatic N) is 2. The molecule has 0 saturated heterocycles. The van der Waals surface area contributed by atoms with Crippen molar-refractivity contribution in [1.82, 2.24) is 9.29 Å². The molecular formula is C14H17N3O3S2. The SMILES string of the molecule is CCN(CC)S(=O)(=O)c1ccc(C(=O)Nc2nccs2)cc1. The van der Waals surface area contributed by atoms with Gasteiger partial charge in [-0.05, 0) is 24.3 Å². The molecule has 0 aliphatic carbocycles. The molecule has 0 bridgehead atoms. The van der Waals surface area contributed by atoms with Gasteiger partial charge >= 0.3 is 0 Å². The Labute approximate surface area is 133 Å². The van der Waals surface area contributed by atoms with Crippen LogP contribution < -0.4 is 5.32 Å². The van der Waals surface area contributed by atoms with E-state index in [1.807, 2.05) is 0 Å². The van der Waals surface area contributed by atoms with E-state index in [0.717, 1.165) is 0 Å². The number of hydrogen-bond acceptors (Lipinski definition) is 5. The van der Waals surface area contributed by atoms with Crippen LogP contribution in [0, 0.1) is 0 Å². The molecule has 0 unspecified atom stereocenters. The largest absolute Gasteiger partial charge is 0.298 e. The lowest BCUT2D eigenvalue weighted by atomic mass is 10.2. The molecule has 0 atom stereocenters. The first-order valence-electron chi connectivity index (χ1n) is 6.80. The average molecular weight is 339 g/mol. The van der Waals surface area contributed by atoms with Gasteiger partial charge in [0.1, 0.15) is 0 Å². The number of amides is 1. The predicted molar refractivity (Wildman–Crippen MR) is 86.6 cm³/mol. The lowest BCUT2D eigenvalue weighted by Gasteiger charge is -2.18. The van der Waals surface area contributed by atoms with Gasteiger partial charge in [0, 0.05) is 30.2 Å². The van der Waals surface area contributed by atoms with Gasteiger partial charge in [-0.25, -0.2) is 13.4 Å². The Bertz CT molecular complexity index is 721. The number of carbonyl (C=O) groups excluding carboxylic acids is 1. The van der Waals surface area contributed by atoms with Crippen LogP contribution in [0.4, 0.5) is 5.13 Å². The molecular weight excluding hydrogens is 322 g/mol. The summed E-state index contributed by atoms with van der Waals surface area (Å²) in [5, 5.41) is 4.91. The highest BCUT2D eigenvalue weighted by molar-refractivity contribution is 7.89. The molecule has 1 amide bonds. The van der Waals surface area contributed by atoms with E-state index in [2.05, 4.69) is 10.3 Å². The van der Waals surface area contributed by atoms with Crippen molar-refractivity contribution >= 4 is 32.4 Å². The number of aromatic nitrogens is 1. The monoisotopic (exact) mass is 339 g/mol. The Balaban J connectivity index is 2.18. The first kappa shape index (κ1) is 16.6. The van der Waals surface area contributed by atoms with Gasteiger partial charge in [-0.2, -0.15) is 4.31 Å². The number of sulfonamides is 1. The molecule has 0 aliphatic heterocycles. The molecule has 1 N–H and O–H groups in total. The Morgan fingerprint density at radius 3 is 2.36 bits per heavy atom. The number of benzene rings is 1. The summed E-state index contributed by atoms with van der Waals surface area (Å²) in [4.78, 5) is 16.2. The van der Waals surface area contributed by atoms with E-state index in [-0.39, 0.29) is 10.8 Å². The van der Waals surface area contributed by atoms with E-state index in [0.29, 0.717) is 23.8 Å². The Morgan fingerprint density at radius 1 is 1.23 bits per heavy atom. The maximum absolute atomic E-state index is 12.3. The Morgan fingerprint density at radius 2 is 1.86 bits per heavy atom. The molecule has 1 aromatic carbocycles. The zero-order chi connectivity index (χ0) is 16.2. The van der Waals surface area contributed by atoms with Crippen molar-refractivity contribution in [2.75, 3.05) is 18.4 Å². The van der Waals surface area contributed by atoms with Gasteiger partial charge in [0.25, 0.3) is 5.91 Å². The minimum Gasteiger partial charge on any atom is -0.298 e. The van der Waals surface area contributed by atoms with Gasteiger partial charge in [-0.15, -0.1) is 11.3 Å². The third-order valence-electron chi connectivity index (χ3n) is 3.11. The molecule has 8 heteroatoms. The molecule has 22 heavy (non-hydrogen) atoms. The quantitative estimate of drug-likeness (QED) is 0.876. The summed E-state index contributed by atoms with van der Waals surface area (Å²) in [5.74, 6) is -0.318. The molecule has 0 radical (unpaired) electrons. The second-order valence-corrected chi connectivity index (χ2v) is 7.24. The average Bonchev–Trinajstić information content (AvgIpc) is 3.01. The zero-order valence-electron chi connectivity index (χ0n) is 12.3. The third-order valence-corrected chi connectivity index (χ3v) is 5.87. The highest BCUT2D eigenvalue weighted by atomic mass is 32.2. The van der Waals surface area contributed by atoms with Crippen LogP contribution in [-0.4, -0.2) is 36.7 Å². The predicted octanol–water partition coefficient (Wildman–Crippen LogP) is 2.43. The Hall–Kier alpha value is -1.77. The second-order valence-electron chi connectivity index (χ2n) is 4.41. The summed E-state index contributed by atoms with van der Waals surface area (Å²) in [6.45, 7) is 4.39. The van der Waals surface area contributed by atoms with Crippen molar-refractivity contribution < 1.29 is 13.2 Å². The summed E-state index contributed by atoms with van der Waals surface area (Å²) >= 11 is 1.32. The Kier molecular flexibility index (Phi) is 5.28. The fourth-order valence-corrected chi connectivity index (χ4v) is 3.93. The number of thiazole rings is 1. The summed E-state index contributed by atoms with van der Waals surface area (Å²) in [6.07, 6.45) is 1.60. The van der Waals surface area contributed by atoms with Gasteiger partial charge in [0.15, 0.2) is 5.13 Å². The second kappa shape index (κ2) is 6.99. The van der Waals surface area contributed by atoms with Gasteiger partial charge < -0.3 is 0 Å². The van der Waals surface area contributed by atoms with E-state index in [1.165, 1.54) is 39.9 Å². The third kappa shape index (κ3) is 3.52. The number of carbonyl (C=O) groups is 1. The van der Waals surface area contributed by atoms with Crippen LogP contribution in [-0.2, 0) is 10.0 Å². The van der Waals surface area contributed by atoms with Crippen LogP contribution in [0.15, 0.2) is 40.7 Å². The van der Waals surface area contributed by atoms with Crippen molar-refractivity contribution in [3.63, 3.8) is 0 Å². The van der Waals surface area contributed by atoms with Crippen LogP contribution in [0.3, 0.4) is 0 Å². The fourth-order valence-electron chi connectivity index (χ4n) is 1.95. The highest BCUT2D eigenvalue weighted by Gasteiger charge is 2.21. The lowest BCUT2D eigenvalue weighted by Crippen LogP contribution is -2.30. The highest BCUT2D eigenvalue weighted by Crippen LogP contribution is 2.17. The van der Waals surface area contributed by atoms with Gasteiger partial charge in [-0.1, -0.05) is 13.8 Å². The van der Waals surface area contributed by atoms with Crippen LogP contribution in [0.1, 0.15) is 24.2 Å². The number of rotatable bonds is 6. The fraction of sp³-hybridized carbons (Fsp3) is 0.286. The first-order chi connectivity index (χ1) is 10.5. The molecule has 0 spiro atoms. The molecule has 2 rings (SSSR count). The van der Waals surface area contributed by atoms with Crippen LogP contribution in [0.25, 0.3) is 0 Å². The number of anilines is 1. The van der Waals surface area contributed by atoms with Crippen LogP contribution in [0.5, 0.6) is 0 Å². The van der Waals surface area contributed by atoms with Crippen LogP contribution >= 0.6 is 11.3 Å². The minimum absolute atomic E-state index is 0.182. The molecule has 2 aromatic rings. The van der Waals surface area contributed by atoms with Crippen molar-refractivity contribution in [3.8, 4) is 0 Å². The summed E-state index contributed by atoms with van der Waals surface area (Å²) in [5.41, 5.74) is 0.383. The van der Waals surface area contributed by atoms with E-state index in [9.17, 15) is 13.2 Å². The molecule has 0 fully saturated rings. The molecule has 118 valence electrons. The smallest absolute Gasteiger partial charge is 0.257 e. The van der Waals surface area contributed by atoms with Crippen LogP contribution in [0.2, 0.25) is 0 Å². The summed E-state index contributed by atoms with van der Waals surface area (Å²) in [6, 6.07) is 5.90. The molecule has 1 aromatic heterocycles. The maximum atomic E-state index is 12.3. The van der Waals surface area contributed by atoms with Crippen molar-refractivity contribution in [1.29, 1.82) is 0 Å². The van der Waals surface area contributed by atoms with E-state index < -0.39 is 10.0 Å². The standard InChI is InChI=1S/C14H17N3O3S2/c1-3-17(4-2)22(19,20)12-7-5-11(6-8-12)13(18)16-14-15-9-10-21-14/h5-10H,3-4H2,1-2H3,(H,15,16,18). The first-order valence-corrected chi connectivity index (χ1v) is 9.12. The molecule has 0 aliphatic rings. The molecule has 6 nitrogen and oxygen atoms in total. The van der Waals surface area contributed by atoms with Crippen molar-refractivity contribution in [2.24, 2.45) is 0 Å². The summed E-state index contributed by atoms with van der Waals surface area (Å²) < 4.78 is 26.1. The maximum Gasteiger partial charge on any atom is 0.257 e. The van der Waals surface area contributed by atoms with Crippen molar-refractivity contribution in [3.05, 3.63) is 41.4 Å². The van der Waals surface area contributed by atoms with Gasteiger partial charge in [-0.3, -0.25) is 10.1 Å². The molecule has 1 heterocycles. The lowest BCUT2D eigenvalue weighted by molar-refractivity contribution is 0.102. The molecule has 0 saturated carbocycles. The van der Waals surface area contributed by atoms with E-state index >= 15 is 0 Å². The van der Waals surface area contributed by atoms with Gasteiger partial charge in [0.05, 0.1) is 4.90 Å². The normalized spacial score (nSPS) is 11.6. The van der Waals surface area contributed by atoms with Crippen molar-refractivity contribution in [2.45, 2.75) is 18.7 Å². The summed E-state index contributed by atoms with van der Waals surface area (Å²) in [7, 11) is -3.50.